The number of anilines is 1. The molecule has 0 aliphatic carbocycles. The maximum atomic E-state index is 11.3. The summed E-state index contributed by atoms with van der Waals surface area (Å²) in [6, 6.07) is 0. The monoisotopic (exact) mass is 244 g/mol. The van der Waals surface area contributed by atoms with Crippen LogP contribution in [0.15, 0.2) is 9.79 Å². The van der Waals surface area contributed by atoms with Crippen molar-refractivity contribution in [2.45, 2.75) is 5.16 Å². The first-order chi connectivity index (χ1) is 7.41. The molecular weight excluding hydrogens is 236 g/mol. The lowest BCUT2D eigenvalue weighted by molar-refractivity contribution is 0.310. The van der Waals surface area contributed by atoms with Gasteiger partial charge in [-0.2, -0.15) is 0 Å². The number of aromatic nitrogens is 5. The van der Waals surface area contributed by atoms with Crippen molar-refractivity contribution in [2.24, 2.45) is 7.05 Å². The van der Waals surface area contributed by atoms with Gasteiger partial charge in [0.15, 0.2) is 17.3 Å². The van der Waals surface area contributed by atoms with Crippen molar-refractivity contribution in [1.82, 2.24) is 25.1 Å². The second-order valence-corrected chi connectivity index (χ2v) is 5.04. The smallest absolute Gasteiger partial charge is 0.249 e. The number of hydrogen-bond acceptors (Lipinski definition) is 8. The highest BCUT2D eigenvalue weighted by Crippen LogP contribution is 2.21. The van der Waals surface area contributed by atoms with Gasteiger partial charge in [0.05, 0.1) is 0 Å². The molecule has 0 radical (unpaired) electrons. The van der Waals surface area contributed by atoms with Crippen molar-refractivity contribution in [2.75, 3.05) is 12.0 Å². The summed E-state index contributed by atoms with van der Waals surface area (Å²) in [4.78, 5) is 0. The molecule has 0 atom stereocenters. The molecular formula is C6H8N6O3S. The van der Waals surface area contributed by atoms with Gasteiger partial charge in [0.1, 0.15) is 0 Å². The Hall–Kier alpha value is -1.97. The quantitative estimate of drug-likeness (QED) is 0.700. The van der Waals surface area contributed by atoms with E-state index in [1.165, 1.54) is 11.6 Å². The van der Waals surface area contributed by atoms with E-state index < -0.39 is 9.84 Å². The molecule has 0 spiro atoms. The Morgan fingerprint density at radius 2 is 2.00 bits per heavy atom. The molecule has 0 saturated carbocycles. The van der Waals surface area contributed by atoms with E-state index in [9.17, 15) is 8.42 Å². The normalized spacial score (nSPS) is 11.9. The molecule has 0 aromatic carbocycles. The van der Waals surface area contributed by atoms with Crippen LogP contribution in [-0.2, 0) is 16.9 Å². The van der Waals surface area contributed by atoms with Gasteiger partial charge >= 0.3 is 0 Å². The van der Waals surface area contributed by atoms with Gasteiger partial charge in [0.2, 0.25) is 15.0 Å². The van der Waals surface area contributed by atoms with E-state index in [1.807, 2.05) is 0 Å². The van der Waals surface area contributed by atoms with Gasteiger partial charge in [-0.25, -0.2) is 13.0 Å². The van der Waals surface area contributed by atoms with Crippen LogP contribution in [0.25, 0.3) is 11.5 Å². The van der Waals surface area contributed by atoms with Crippen LogP contribution < -0.4 is 5.73 Å². The number of nitrogens with two attached hydrogens (primary N) is 1. The fraction of sp³-hybridized carbons (Fsp3) is 0.333. The fourth-order valence-corrected chi connectivity index (χ4v) is 1.97. The average Bonchev–Trinajstić information content (AvgIpc) is 2.70. The summed E-state index contributed by atoms with van der Waals surface area (Å²) in [6.07, 6.45) is 1.03. The lowest BCUT2D eigenvalue weighted by atomic mass is 10.4. The van der Waals surface area contributed by atoms with Crippen molar-refractivity contribution < 1.29 is 13.0 Å². The molecule has 0 saturated heterocycles. The molecule has 2 aromatic heterocycles. The summed E-state index contributed by atoms with van der Waals surface area (Å²) in [6.45, 7) is 0. The highest BCUT2D eigenvalue weighted by Gasteiger charge is 2.22. The minimum atomic E-state index is -3.45. The second kappa shape index (κ2) is 3.27. The minimum Gasteiger partial charge on any atom is -0.379 e. The maximum Gasteiger partial charge on any atom is 0.249 e. The van der Waals surface area contributed by atoms with Crippen LogP contribution in [0, 0.1) is 0 Å². The molecule has 0 amide bonds. The Labute approximate surface area is 90.1 Å². The summed E-state index contributed by atoms with van der Waals surface area (Å²) in [7, 11) is -1.96. The van der Waals surface area contributed by atoms with E-state index in [4.69, 9.17) is 5.73 Å². The molecule has 0 aliphatic heterocycles. The molecule has 10 heteroatoms. The lowest BCUT2D eigenvalue weighted by Gasteiger charge is -1.98. The first-order valence-electron chi connectivity index (χ1n) is 4.09. The second-order valence-electron chi connectivity index (χ2n) is 3.14. The predicted octanol–water partition coefficient (Wildman–Crippen LogP) is -1.15. The van der Waals surface area contributed by atoms with Crippen molar-refractivity contribution >= 4 is 15.7 Å². The zero-order valence-electron chi connectivity index (χ0n) is 8.45. The Kier molecular flexibility index (Phi) is 2.15. The molecule has 9 nitrogen and oxygen atoms in total. The van der Waals surface area contributed by atoms with E-state index >= 15 is 0 Å². The van der Waals surface area contributed by atoms with Crippen molar-refractivity contribution in [3.63, 3.8) is 0 Å². The summed E-state index contributed by atoms with van der Waals surface area (Å²) in [5.74, 6) is 0.203. The number of hydrogen-bond donors (Lipinski definition) is 1. The molecule has 2 N–H and O–H groups in total. The Morgan fingerprint density at radius 3 is 2.44 bits per heavy atom. The SMILES string of the molecule is Cn1c(-c2nonc2N)nnc1S(C)(=O)=O. The third kappa shape index (κ3) is 1.52. The van der Waals surface area contributed by atoms with Crippen molar-refractivity contribution in [1.29, 1.82) is 0 Å². The Morgan fingerprint density at radius 1 is 1.31 bits per heavy atom. The number of nitrogens with zero attached hydrogens (tertiary/aromatic N) is 5. The van der Waals surface area contributed by atoms with Crippen molar-refractivity contribution in [3.8, 4) is 11.5 Å². The average molecular weight is 244 g/mol. The summed E-state index contributed by atoms with van der Waals surface area (Å²) >= 11 is 0. The van der Waals surface area contributed by atoms with Gasteiger partial charge in [0.25, 0.3) is 0 Å². The fourth-order valence-electron chi connectivity index (χ4n) is 1.19. The van der Waals surface area contributed by atoms with Crippen LogP contribution in [-0.4, -0.2) is 39.8 Å². The number of nitrogen functional groups attached to an aromatic ring is 1. The van der Waals surface area contributed by atoms with Crippen LogP contribution >= 0.6 is 0 Å². The first-order valence-corrected chi connectivity index (χ1v) is 5.98. The molecule has 2 aromatic rings. The molecule has 0 bridgehead atoms. The topological polar surface area (TPSA) is 130 Å². The van der Waals surface area contributed by atoms with E-state index in [-0.39, 0.29) is 22.5 Å². The number of rotatable bonds is 2. The van der Waals surface area contributed by atoms with Gasteiger partial charge in [0, 0.05) is 13.3 Å². The van der Waals surface area contributed by atoms with E-state index in [0.29, 0.717) is 0 Å². The third-order valence-corrected chi connectivity index (χ3v) is 2.91. The van der Waals surface area contributed by atoms with Crippen LogP contribution in [0.3, 0.4) is 0 Å². The largest absolute Gasteiger partial charge is 0.379 e. The molecule has 0 fully saturated rings. The Balaban J connectivity index is 2.63. The van der Waals surface area contributed by atoms with Gasteiger partial charge in [-0.05, 0) is 10.3 Å². The van der Waals surface area contributed by atoms with Gasteiger partial charge in [-0.15, -0.1) is 10.2 Å². The zero-order valence-corrected chi connectivity index (χ0v) is 9.26. The number of sulfone groups is 1. The van der Waals surface area contributed by atoms with Gasteiger partial charge in [-0.3, -0.25) is 4.57 Å². The molecule has 2 heterocycles. The van der Waals surface area contributed by atoms with Crippen LogP contribution in [0.1, 0.15) is 0 Å². The van der Waals surface area contributed by atoms with E-state index in [1.54, 1.807) is 0 Å². The molecule has 16 heavy (non-hydrogen) atoms. The molecule has 0 unspecified atom stereocenters. The lowest BCUT2D eigenvalue weighted by Crippen LogP contribution is -2.07. The van der Waals surface area contributed by atoms with Crippen LogP contribution in [0.2, 0.25) is 0 Å². The first kappa shape index (κ1) is 10.5. The van der Waals surface area contributed by atoms with Gasteiger partial charge < -0.3 is 5.73 Å². The van der Waals surface area contributed by atoms with Gasteiger partial charge in [-0.1, -0.05) is 0 Å². The Bertz CT molecular complexity index is 626. The van der Waals surface area contributed by atoms with Crippen LogP contribution in [0.5, 0.6) is 0 Å². The molecule has 86 valence electrons. The summed E-state index contributed by atoms with van der Waals surface area (Å²) in [5, 5.41) is 13.9. The molecule has 0 aliphatic rings. The highest BCUT2D eigenvalue weighted by atomic mass is 32.2. The van der Waals surface area contributed by atoms with Crippen molar-refractivity contribution in [3.05, 3.63) is 0 Å². The zero-order chi connectivity index (χ0) is 11.9. The molecule has 2 rings (SSSR count). The van der Waals surface area contributed by atoms with E-state index in [2.05, 4.69) is 25.1 Å². The third-order valence-electron chi connectivity index (χ3n) is 1.89. The summed E-state index contributed by atoms with van der Waals surface area (Å²) < 4.78 is 28.3. The highest BCUT2D eigenvalue weighted by molar-refractivity contribution is 7.90. The standard InChI is InChI=1S/C6H8N6O3S/c1-12-5(3-4(7)11-15-10-3)8-9-6(12)16(2,13)14/h1-2H3,(H2,7,11). The summed E-state index contributed by atoms with van der Waals surface area (Å²) in [5.41, 5.74) is 5.62. The predicted molar refractivity (Wildman–Crippen MR) is 51.8 cm³/mol. The van der Waals surface area contributed by atoms with E-state index in [0.717, 1.165) is 6.26 Å². The van der Waals surface area contributed by atoms with Crippen LogP contribution in [0.4, 0.5) is 5.82 Å². The minimum absolute atomic E-state index is 0.0237. The maximum absolute atomic E-state index is 11.3.